The first-order valence-electron chi connectivity index (χ1n) is 10.2. The fourth-order valence-corrected chi connectivity index (χ4v) is 4.28. The minimum Gasteiger partial charge on any atom is -0.447 e. The molecule has 0 unspecified atom stereocenters. The fraction of sp³-hybridized carbons (Fsp3) is 0.565. The van der Waals surface area contributed by atoms with Gasteiger partial charge in [-0.15, -0.1) is 0 Å². The molecule has 2 aliphatic heterocycles. The van der Waals surface area contributed by atoms with E-state index < -0.39 is 23.9 Å². The van der Waals surface area contributed by atoms with Crippen LogP contribution in [0.15, 0.2) is 42.5 Å². The molecule has 0 spiro atoms. The van der Waals surface area contributed by atoms with Crippen LogP contribution in [0.3, 0.4) is 0 Å². The first-order chi connectivity index (χ1) is 13.6. The SMILES string of the molecule is C=C(C)[C@@H]1OC(C)(C)O[C@H]([C@@H](C)C(=O)N2C(=O)OC[C@H]2Cc2ccccc2)[C@@H]1C. The summed E-state index contributed by atoms with van der Waals surface area (Å²) in [5.41, 5.74) is 1.95. The van der Waals surface area contributed by atoms with E-state index in [4.69, 9.17) is 14.2 Å². The van der Waals surface area contributed by atoms with Gasteiger partial charge in [-0.2, -0.15) is 0 Å². The summed E-state index contributed by atoms with van der Waals surface area (Å²) in [7, 11) is 0. The molecule has 2 fully saturated rings. The van der Waals surface area contributed by atoms with Gasteiger partial charge in [0.2, 0.25) is 5.91 Å². The maximum absolute atomic E-state index is 13.4. The van der Waals surface area contributed by atoms with Crippen LogP contribution in [0, 0.1) is 11.8 Å². The third-order valence-electron chi connectivity index (χ3n) is 5.71. The maximum atomic E-state index is 13.4. The van der Waals surface area contributed by atoms with Crippen molar-refractivity contribution in [1.82, 2.24) is 4.90 Å². The highest BCUT2D eigenvalue weighted by atomic mass is 16.7. The number of ether oxygens (including phenoxy) is 3. The quantitative estimate of drug-likeness (QED) is 0.699. The van der Waals surface area contributed by atoms with Crippen molar-refractivity contribution in [2.24, 2.45) is 11.8 Å². The smallest absolute Gasteiger partial charge is 0.416 e. The van der Waals surface area contributed by atoms with Crippen molar-refractivity contribution in [1.29, 1.82) is 0 Å². The predicted octanol–water partition coefficient (Wildman–Crippen LogP) is 3.94. The molecule has 29 heavy (non-hydrogen) atoms. The largest absolute Gasteiger partial charge is 0.447 e. The Morgan fingerprint density at radius 2 is 1.93 bits per heavy atom. The minimum atomic E-state index is -0.843. The van der Waals surface area contributed by atoms with Crippen molar-refractivity contribution in [3.05, 3.63) is 48.0 Å². The van der Waals surface area contributed by atoms with Crippen LogP contribution in [0.2, 0.25) is 0 Å². The summed E-state index contributed by atoms with van der Waals surface area (Å²) < 4.78 is 17.4. The highest BCUT2D eigenvalue weighted by Gasteiger charge is 2.48. The number of nitrogens with zero attached hydrogens (tertiary/aromatic N) is 1. The molecular weight excluding hydrogens is 370 g/mol. The molecular formula is C23H31NO5. The minimum absolute atomic E-state index is 0.0781. The summed E-state index contributed by atoms with van der Waals surface area (Å²) in [5.74, 6) is -1.72. The summed E-state index contributed by atoms with van der Waals surface area (Å²) in [5, 5.41) is 0. The number of cyclic esters (lactones) is 1. The molecule has 5 atom stereocenters. The molecule has 0 bridgehead atoms. The molecule has 0 N–H and O–H groups in total. The van der Waals surface area contributed by atoms with Crippen molar-refractivity contribution in [2.45, 2.75) is 65.1 Å². The van der Waals surface area contributed by atoms with E-state index in [1.807, 2.05) is 65.0 Å². The number of benzene rings is 1. The van der Waals surface area contributed by atoms with E-state index in [0.29, 0.717) is 6.42 Å². The summed E-state index contributed by atoms with van der Waals surface area (Å²) in [6, 6.07) is 9.48. The first kappa shape index (κ1) is 21.5. The molecule has 1 aromatic rings. The summed E-state index contributed by atoms with van der Waals surface area (Å²) in [6.07, 6.45) is -0.642. The van der Waals surface area contributed by atoms with Gasteiger partial charge in [0, 0.05) is 5.92 Å². The zero-order valence-electron chi connectivity index (χ0n) is 17.9. The molecule has 0 aromatic heterocycles. The van der Waals surface area contributed by atoms with Gasteiger partial charge in [0.05, 0.1) is 24.2 Å². The Labute approximate surface area is 172 Å². The maximum Gasteiger partial charge on any atom is 0.416 e. The lowest BCUT2D eigenvalue weighted by molar-refractivity contribution is -0.317. The predicted molar refractivity (Wildman–Crippen MR) is 109 cm³/mol. The van der Waals surface area contributed by atoms with Crippen LogP contribution in [-0.2, 0) is 25.4 Å². The lowest BCUT2D eigenvalue weighted by atomic mass is 9.84. The second-order valence-electron chi connectivity index (χ2n) is 8.64. The monoisotopic (exact) mass is 401 g/mol. The first-order valence-corrected chi connectivity index (χ1v) is 10.2. The van der Waals surface area contributed by atoms with Crippen molar-refractivity contribution in [3.8, 4) is 0 Å². The molecule has 0 saturated carbocycles. The van der Waals surface area contributed by atoms with Crippen LogP contribution in [0.25, 0.3) is 0 Å². The number of hydrogen-bond donors (Lipinski definition) is 0. The molecule has 2 saturated heterocycles. The topological polar surface area (TPSA) is 65.1 Å². The molecule has 3 rings (SSSR count). The van der Waals surface area contributed by atoms with Gasteiger partial charge in [-0.3, -0.25) is 4.79 Å². The highest BCUT2D eigenvalue weighted by Crippen LogP contribution is 2.38. The number of hydrogen-bond acceptors (Lipinski definition) is 5. The molecule has 2 heterocycles. The molecule has 0 aliphatic carbocycles. The van der Waals surface area contributed by atoms with Crippen molar-refractivity contribution < 1.29 is 23.8 Å². The Balaban J connectivity index is 1.79. The van der Waals surface area contributed by atoms with Crippen LogP contribution in [0.1, 0.15) is 40.2 Å². The third-order valence-corrected chi connectivity index (χ3v) is 5.71. The fourth-order valence-electron chi connectivity index (χ4n) is 4.28. The average molecular weight is 402 g/mol. The van der Waals surface area contributed by atoms with E-state index in [0.717, 1.165) is 11.1 Å². The number of rotatable bonds is 5. The number of carbonyl (C=O) groups is 2. The van der Waals surface area contributed by atoms with Gasteiger partial charge in [0.25, 0.3) is 0 Å². The van der Waals surface area contributed by atoms with Gasteiger partial charge in [0.1, 0.15) is 6.61 Å². The summed E-state index contributed by atoms with van der Waals surface area (Å²) >= 11 is 0. The standard InChI is InChI=1S/C23H31NO5/c1-14(2)19-15(3)20(29-23(5,6)28-19)16(4)21(25)24-18(13-27-22(24)26)12-17-10-8-7-9-11-17/h7-11,15-16,18-20H,1,12-13H2,2-6H3/t15-,16-,18-,19+,20+/m1/s1. The molecule has 6 heteroatoms. The second kappa shape index (κ2) is 8.28. The Hall–Kier alpha value is -2.18. The van der Waals surface area contributed by atoms with Crippen LogP contribution in [-0.4, -0.2) is 47.5 Å². The Bertz CT molecular complexity index is 775. The zero-order chi connectivity index (χ0) is 21.3. The van der Waals surface area contributed by atoms with Crippen molar-refractivity contribution in [3.63, 3.8) is 0 Å². The van der Waals surface area contributed by atoms with Gasteiger partial charge >= 0.3 is 6.09 Å². The molecule has 2 aliphatic rings. The van der Waals surface area contributed by atoms with Crippen molar-refractivity contribution >= 4 is 12.0 Å². The van der Waals surface area contributed by atoms with E-state index in [2.05, 4.69) is 6.58 Å². The van der Waals surface area contributed by atoms with Gasteiger partial charge in [-0.05, 0) is 32.8 Å². The molecule has 1 aromatic carbocycles. The second-order valence-corrected chi connectivity index (χ2v) is 8.64. The molecule has 6 nitrogen and oxygen atoms in total. The van der Waals surface area contributed by atoms with E-state index in [9.17, 15) is 9.59 Å². The van der Waals surface area contributed by atoms with E-state index in [-0.39, 0.29) is 30.6 Å². The van der Waals surface area contributed by atoms with Crippen LogP contribution in [0.5, 0.6) is 0 Å². The highest BCUT2D eigenvalue weighted by molar-refractivity contribution is 5.95. The summed E-state index contributed by atoms with van der Waals surface area (Å²) in [6.45, 7) is 13.6. The summed E-state index contributed by atoms with van der Waals surface area (Å²) in [4.78, 5) is 27.0. The normalized spacial score (nSPS) is 30.0. The molecule has 158 valence electrons. The Kier molecular flexibility index (Phi) is 6.15. The van der Waals surface area contributed by atoms with Gasteiger partial charge in [-0.1, -0.05) is 56.3 Å². The zero-order valence-corrected chi connectivity index (χ0v) is 17.9. The number of imide groups is 1. The number of carbonyl (C=O) groups excluding carboxylic acids is 2. The lowest BCUT2D eigenvalue weighted by Crippen LogP contribution is -2.56. The number of amides is 2. The molecule has 0 radical (unpaired) electrons. The molecule has 2 amide bonds. The van der Waals surface area contributed by atoms with E-state index in [1.54, 1.807) is 0 Å². The van der Waals surface area contributed by atoms with E-state index >= 15 is 0 Å². The third kappa shape index (κ3) is 4.54. The van der Waals surface area contributed by atoms with Crippen molar-refractivity contribution in [2.75, 3.05) is 6.61 Å². The van der Waals surface area contributed by atoms with Gasteiger partial charge < -0.3 is 14.2 Å². The van der Waals surface area contributed by atoms with E-state index in [1.165, 1.54) is 4.90 Å². The van der Waals surface area contributed by atoms with Crippen LogP contribution >= 0.6 is 0 Å². The average Bonchev–Trinajstić information content (AvgIpc) is 3.02. The van der Waals surface area contributed by atoms with Crippen LogP contribution < -0.4 is 0 Å². The van der Waals surface area contributed by atoms with Crippen LogP contribution in [0.4, 0.5) is 4.79 Å². The van der Waals surface area contributed by atoms with Gasteiger partial charge in [-0.25, -0.2) is 9.69 Å². The lowest BCUT2D eigenvalue weighted by Gasteiger charge is -2.47. The Morgan fingerprint density at radius 3 is 2.55 bits per heavy atom. The Morgan fingerprint density at radius 1 is 1.28 bits per heavy atom. The van der Waals surface area contributed by atoms with Gasteiger partial charge in [0.15, 0.2) is 5.79 Å².